The second-order valence-electron chi connectivity index (χ2n) is 6.43. The largest absolute Gasteiger partial charge is 0.473 e. The molecule has 3 aromatic rings. The lowest BCUT2D eigenvalue weighted by Gasteiger charge is -2.14. The fourth-order valence-corrected chi connectivity index (χ4v) is 2.74. The number of nitrogens with one attached hydrogen (secondary N) is 1. The lowest BCUT2D eigenvalue weighted by atomic mass is 10.1. The van der Waals surface area contributed by atoms with Crippen LogP contribution in [-0.2, 0) is 0 Å². The first-order valence-corrected chi connectivity index (χ1v) is 9.15. The van der Waals surface area contributed by atoms with Gasteiger partial charge in [-0.15, -0.1) is 0 Å². The first-order valence-electron chi connectivity index (χ1n) is 8.36. The summed E-state index contributed by atoms with van der Waals surface area (Å²) in [5, 5.41) is 2.85. The van der Waals surface area contributed by atoms with Gasteiger partial charge in [-0.3, -0.25) is 4.79 Å². The average Bonchev–Trinajstić information content (AvgIpc) is 2.57. The van der Waals surface area contributed by atoms with Crippen LogP contribution in [-0.4, -0.2) is 22.0 Å². The first kappa shape index (κ1) is 18.3. The van der Waals surface area contributed by atoms with Gasteiger partial charge in [-0.25, -0.2) is 9.97 Å². The van der Waals surface area contributed by atoms with Crippen LogP contribution in [0.5, 0.6) is 5.88 Å². The molecule has 0 spiro atoms. The molecule has 134 valence electrons. The van der Waals surface area contributed by atoms with Crippen LogP contribution in [0.4, 0.5) is 5.69 Å². The summed E-state index contributed by atoms with van der Waals surface area (Å²) >= 11 is 3.38. The molecule has 0 radical (unpaired) electrons. The van der Waals surface area contributed by atoms with Crippen molar-refractivity contribution in [2.24, 2.45) is 0 Å². The Kier molecular flexibility index (Phi) is 5.23. The van der Waals surface area contributed by atoms with Crippen LogP contribution < -0.4 is 10.1 Å². The summed E-state index contributed by atoms with van der Waals surface area (Å²) in [5.74, 6) is -0.110. The average molecular weight is 414 g/mol. The summed E-state index contributed by atoms with van der Waals surface area (Å²) < 4.78 is 6.70. The van der Waals surface area contributed by atoms with Gasteiger partial charge in [0.05, 0.1) is 17.1 Å². The molecule has 0 saturated heterocycles. The number of amides is 1. The van der Waals surface area contributed by atoms with E-state index in [4.69, 9.17) is 4.74 Å². The zero-order valence-corrected chi connectivity index (χ0v) is 16.7. The molecule has 2 aromatic carbocycles. The van der Waals surface area contributed by atoms with Crippen molar-refractivity contribution in [1.82, 2.24) is 9.97 Å². The Morgan fingerprint density at radius 1 is 1.04 bits per heavy atom. The van der Waals surface area contributed by atoms with Gasteiger partial charge in [0.15, 0.2) is 5.69 Å². The Morgan fingerprint density at radius 2 is 1.62 bits per heavy atom. The molecular weight excluding hydrogens is 394 g/mol. The van der Waals surface area contributed by atoms with E-state index in [1.54, 1.807) is 0 Å². The second-order valence-corrected chi connectivity index (χ2v) is 7.35. The van der Waals surface area contributed by atoms with Gasteiger partial charge in [-0.05, 0) is 75.2 Å². The lowest BCUT2D eigenvalue weighted by molar-refractivity contribution is 0.101. The summed E-state index contributed by atoms with van der Waals surface area (Å²) in [5.41, 5.74) is 4.46. The zero-order valence-electron chi connectivity index (χ0n) is 15.1. The third-order valence-corrected chi connectivity index (χ3v) is 4.44. The number of fused-ring (bicyclic) bond motifs is 1. The van der Waals surface area contributed by atoms with Gasteiger partial charge >= 0.3 is 0 Å². The Labute approximate surface area is 160 Å². The molecule has 0 aliphatic heterocycles. The molecule has 1 amide bonds. The molecule has 1 aromatic heterocycles. The standard InChI is InChI=1S/C20H20BrN3O2/c1-11(2)26-20-18(19(25)22-15-7-5-14(21)6-8-15)23-16-9-12(3)13(4)10-17(16)24-20/h5-11H,1-4H3,(H,22,25). The van der Waals surface area contributed by atoms with Crippen LogP contribution in [0.2, 0.25) is 0 Å². The molecule has 0 atom stereocenters. The highest BCUT2D eigenvalue weighted by atomic mass is 79.9. The van der Waals surface area contributed by atoms with Crippen molar-refractivity contribution in [1.29, 1.82) is 0 Å². The van der Waals surface area contributed by atoms with Crippen LogP contribution in [0.25, 0.3) is 11.0 Å². The number of halogens is 1. The molecule has 0 saturated carbocycles. The third kappa shape index (κ3) is 4.02. The summed E-state index contributed by atoms with van der Waals surface area (Å²) in [4.78, 5) is 21.9. The Hall–Kier alpha value is -2.47. The van der Waals surface area contributed by atoms with Gasteiger partial charge in [0.2, 0.25) is 5.88 Å². The number of hydrogen-bond acceptors (Lipinski definition) is 4. The zero-order chi connectivity index (χ0) is 18.8. The summed E-state index contributed by atoms with van der Waals surface area (Å²) in [6.07, 6.45) is -0.118. The highest BCUT2D eigenvalue weighted by molar-refractivity contribution is 9.10. The second kappa shape index (κ2) is 7.41. The van der Waals surface area contributed by atoms with Gasteiger partial charge in [-0.2, -0.15) is 0 Å². The van der Waals surface area contributed by atoms with E-state index < -0.39 is 0 Å². The minimum atomic E-state index is -0.351. The summed E-state index contributed by atoms with van der Waals surface area (Å²) in [6, 6.07) is 11.2. The molecule has 26 heavy (non-hydrogen) atoms. The quantitative estimate of drug-likeness (QED) is 0.649. The smallest absolute Gasteiger partial charge is 0.279 e. The minimum Gasteiger partial charge on any atom is -0.473 e. The van der Waals surface area contributed by atoms with E-state index in [9.17, 15) is 4.79 Å². The van der Waals surface area contributed by atoms with Crippen LogP contribution >= 0.6 is 15.9 Å². The van der Waals surface area contributed by atoms with Crippen molar-refractivity contribution in [2.45, 2.75) is 33.8 Å². The number of aromatic nitrogens is 2. The predicted molar refractivity (Wildman–Crippen MR) is 107 cm³/mol. The third-order valence-electron chi connectivity index (χ3n) is 3.91. The number of rotatable bonds is 4. The Bertz CT molecular complexity index is 969. The molecule has 1 N–H and O–H groups in total. The molecule has 3 rings (SSSR count). The van der Waals surface area contributed by atoms with Gasteiger partial charge in [-0.1, -0.05) is 15.9 Å². The van der Waals surface area contributed by atoms with E-state index in [1.807, 2.05) is 64.1 Å². The van der Waals surface area contributed by atoms with Gasteiger partial charge < -0.3 is 10.1 Å². The maximum atomic E-state index is 12.8. The van der Waals surface area contributed by atoms with E-state index in [1.165, 1.54) is 0 Å². The fraction of sp³-hybridized carbons (Fsp3) is 0.250. The van der Waals surface area contributed by atoms with Crippen LogP contribution in [0, 0.1) is 13.8 Å². The highest BCUT2D eigenvalue weighted by Crippen LogP contribution is 2.24. The maximum absolute atomic E-state index is 12.8. The van der Waals surface area contributed by atoms with Gasteiger partial charge in [0, 0.05) is 10.2 Å². The van der Waals surface area contributed by atoms with Crippen molar-refractivity contribution in [3.8, 4) is 5.88 Å². The van der Waals surface area contributed by atoms with E-state index in [0.29, 0.717) is 16.7 Å². The van der Waals surface area contributed by atoms with E-state index in [-0.39, 0.29) is 23.6 Å². The van der Waals surface area contributed by atoms with Crippen LogP contribution in [0.15, 0.2) is 40.9 Å². The molecule has 1 heterocycles. The number of ether oxygens (including phenoxy) is 1. The number of nitrogens with zero attached hydrogens (tertiary/aromatic N) is 2. The minimum absolute atomic E-state index is 0.118. The number of anilines is 1. The van der Waals surface area contributed by atoms with Crippen molar-refractivity contribution in [3.63, 3.8) is 0 Å². The van der Waals surface area contributed by atoms with E-state index in [2.05, 4.69) is 31.2 Å². The molecule has 0 aliphatic carbocycles. The van der Waals surface area contributed by atoms with Crippen molar-refractivity contribution >= 4 is 38.6 Å². The summed E-state index contributed by atoms with van der Waals surface area (Å²) in [6.45, 7) is 7.81. The van der Waals surface area contributed by atoms with Crippen molar-refractivity contribution in [2.75, 3.05) is 5.32 Å². The van der Waals surface area contributed by atoms with Crippen molar-refractivity contribution < 1.29 is 9.53 Å². The SMILES string of the molecule is Cc1cc2nc(OC(C)C)c(C(=O)Nc3ccc(Br)cc3)nc2cc1C. The number of aryl methyl sites for hydroxylation is 2. The molecule has 0 aliphatic rings. The maximum Gasteiger partial charge on any atom is 0.279 e. The normalized spacial score (nSPS) is 11.0. The van der Waals surface area contributed by atoms with Crippen LogP contribution in [0.1, 0.15) is 35.5 Å². The topological polar surface area (TPSA) is 64.1 Å². The monoisotopic (exact) mass is 413 g/mol. The summed E-state index contributed by atoms with van der Waals surface area (Å²) in [7, 11) is 0. The lowest BCUT2D eigenvalue weighted by Crippen LogP contribution is -2.18. The van der Waals surface area contributed by atoms with Crippen LogP contribution in [0.3, 0.4) is 0 Å². The predicted octanol–water partition coefficient (Wildman–Crippen LogP) is 5.05. The van der Waals surface area contributed by atoms with E-state index >= 15 is 0 Å². The van der Waals surface area contributed by atoms with Crippen molar-refractivity contribution in [3.05, 3.63) is 57.7 Å². The Morgan fingerprint density at radius 3 is 2.19 bits per heavy atom. The van der Waals surface area contributed by atoms with Gasteiger partial charge in [0.25, 0.3) is 5.91 Å². The van der Waals surface area contributed by atoms with E-state index in [0.717, 1.165) is 15.6 Å². The molecular formula is C20H20BrN3O2. The highest BCUT2D eigenvalue weighted by Gasteiger charge is 2.19. The molecule has 6 heteroatoms. The number of benzene rings is 2. The first-order chi connectivity index (χ1) is 12.3. The molecule has 5 nitrogen and oxygen atoms in total. The van der Waals surface area contributed by atoms with Gasteiger partial charge in [0.1, 0.15) is 0 Å². The Balaban J connectivity index is 2.04. The fourth-order valence-electron chi connectivity index (χ4n) is 2.47. The molecule has 0 bridgehead atoms. The molecule has 0 fully saturated rings. The number of carbonyl (C=O) groups is 1. The number of carbonyl (C=O) groups excluding carboxylic acids is 1. The number of hydrogen-bond donors (Lipinski definition) is 1. The molecule has 0 unspecified atom stereocenters.